The number of nitro groups is 1. The van der Waals surface area contributed by atoms with Crippen molar-refractivity contribution in [3.05, 3.63) is 46.8 Å². The van der Waals surface area contributed by atoms with Crippen molar-refractivity contribution in [1.29, 1.82) is 0 Å². The maximum atomic E-state index is 11.3. The molecule has 0 spiro atoms. The third kappa shape index (κ3) is 3.71. The Hall–Kier alpha value is -2.57. The van der Waals surface area contributed by atoms with Gasteiger partial charge >= 0.3 is 5.69 Å². The van der Waals surface area contributed by atoms with Crippen LogP contribution in [0.4, 0.5) is 11.4 Å². The number of hydrogen-bond donors (Lipinski definition) is 1. The molecule has 0 fully saturated rings. The molecule has 7 nitrogen and oxygen atoms in total. The van der Waals surface area contributed by atoms with Crippen LogP contribution in [0.1, 0.15) is 13.8 Å². The summed E-state index contributed by atoms with van der Waals surface area (Å²) >= 11 is 0. The zero-order chi connectivity index (χ0) is 15.2. The molecule has 0 aliphatic heterocycles. The quantitative estimate of drug-likeness (QED) is 0.626. The van der Waals surface area contributed by atoms with E-state index in [2.05, 4.69) is 10.4 Å². The van der Waals surface area contributed by atoms with E-state index in [1.165, 1.54) is 0 Å². The number of anilines is 1. The highest BCUT2D eigenvalue weighted by Crippen LogP contribution is 2.35. The number of hydrogen-bond acceptors (Lipinski definition) is 5. The van der Waals surface area contributed by atoms with Gasteiger partial charge in [-0.2, -0.15) is 5.10 Å². The Morgan fingerprint density at radius 2 is 2.29 bits per heavy atom. The van der Waals surface area contributed by atoms with Gasteiger partial charge < -0.3 is 10.1 Å². The minimum absolute atomic E-state index is 0.0134. The van der Waals surface area contributed by atoms with Gasteiger partial charge in [-0.3, -0.25) is 14.8 Å². The Kier molecular flexibility index (Phi) is 4.76. The SMILES string of the molecule is CCOc1cccc(NC(C)Cn2cccn2)c1[N+](=O)[O-]. The number of nitrogens with zero attached hydrogens (tertiary/aromatic N) is 3. The second-order valence-electron chi connectivity index (χ2n) is 4.62. The maximum Gasteiger partial charge on any atom is 0.333 e. The van der Waals surface area contributed by atoms with Crippen LogP contribution in [0.2, 0.25) is 0 Å². The first kappa shape index (κ1) is 14.8. The van der Waals surface area contributed by atoms with Gasteiger partial charge in [-0.25, -0.2) is 0 Å². The fourth-order valence-corrected chi connectivity index (χ4v) is 2.10. The van der Waals surface area contributed by atoms with Crippen LogP contribution in [0.3, 0.4) is 0 Å². The molecule has 1 aromatic heterocycles. The van der Waals surface area contributed by atoms with E-state index in [9.17, 15) is 10.1 Å². The minimum Gasteiger partial charge on any atom is -0.487 e. The van der Waals surface area contributed by atoms with Gasteiger partial charge in [0.1, 0.15) is 5.69 Å². The lowest BCUT2D eigenvalue weighted by atomic mass is 10.2. The van der Waals surface area contributed by atoms with Crippen LogP contribution in [0, 0.1) is 10.1 Å². The van der Waals surface area contributed by atoms with Crippen LogP contribution in [0.25, 0.3) is 0 Å². The highest BCUT2D eigenvalue weighted by Gasteiger charge is 2.21. The zero-order valence-corrected chi connectivity index (χ0v) is 12.0. The molecule has 2 rings (SSSR count). The number of nitro benzene ring substituents is 1. The first-order valence-electron chi connectivity index (χ1n) is 6.76. The van der Waals surface area contributed by atoms with Crippen LogP contribution in [0.5, 0.6) is 5.75 Å². The zero-order valence-electron chi connectivity index (χ0n) is 12.0. The van der Waals surface area contributed by atoms with Gasteiger partial charge in [0.2, 0.25) is 0 Å². The number of benzene rings is 1. The topological polar surface area (TPSA) is 82.2 Å². The van der Waals surface area contributed by atoms with Crippen molar-refractivity contribution in [2.75, 3.05) is 11.9 Å². The molecule has 1 unspecified atom stereocenters. The Labute approximate surface area is 122 Å². The van der Waals surface area contributed by atoms with Crippen molar-refractivity contribution in [1.82, 2.24) is 9.78 Å². The molecule has 0 aliphatic carbocycles. The number of para-hydroxylation sites is 1. The Bertz CT molecular complexity index is 598. The molecule has 7 heteroatoms. The smallest absolute Gasteiger partial charge is 0.333 e. The number of nitrogens with one attached hydrogen (secondary N) is 1. The normalized spacial score (nSPS) is 11.9. The first-order valence-corrected chi connectivity index (χ1v) is 6.76. The largest absolute Gasteiger partial charge is 0.487 e. The second-order valence-corrected chi connectivity index (χ2v) is 4.62. The summed E-state index contributed by atoms with van der Waals surface area (Å²) in [5, 5.41) is 18.6. The number of rotatable bonds is 7. The van der Waals surface area contributed by atoms with Crippen molar-refractivity contribution in [2.24, 2.45) is 0 Å². The third-order valence-electron chi connectivity index (χ3n) is 2.90. The second kappa shape index (κ2) is 6.74. The van der Waals surface area contributed by atoms with E-state index >= 15 is 0 Å². The molecule has 0 saturated heterocycles. The molecule has 1 aromatic carbocycles. The van der Waals surface area contributed by atoms with Gasteiger partial charge in [0.25, 0.3) is 0 Å². The number of ether oxygens (including phenoxy) is 1. The predicted molar refractivity (Wildman–Crippen MR) is 79.6 cm³/mol. The van der Waals surface area contributed by atoms with Gasteiger partial charge in [-0.05, 0) is 32.0 Å². The summed E-state index contributed by atoms with van der Waals surface area (Å²) in [5.74, 6) is 0.277. The van der Waals surface area contributed by atoms with Crippen LogP contribution < -0.4 is 10.1 Å². The summed E-state index contributed by atoms with van der Waals surface area (Å²) in [4.78, 5) is 10.9. The molecular weight excluding hydrogens is 272 g/mol. The molecule has 1 atom stereocenters. The molecule has 0 radical (unpaired) electrons. The Morgan fingerprint density at radius 3 is 2.90 bits per heavy atom. The molecular formula is C14H18N4O3. The van der Waals surface area contributed by atoms with Gasteiger partial charge in [0.05, 0.1) is 18.1 Å². The summed E-state index contributed by atoms with van der Waals surface area (Å²) in [5.41, 5.74) is 0.414. The summed E-state index contributed by atoms with van der Waals surface area (Å²) in [6.45, 7) is 4.74. The van der Waals surface area contributed by atoms with E-state index in [1.807, 2.05) is 19.2 Å². The lowest BCUT2D eigenvalue weighted by molar-refractivity contribution is -0.385. The highest BCUT2D eigenvalue weighted by atomic mass is 16.6. The highest BCUT2D eigenvalue weighted by molar-refractivity contribution is 5.68. The van der Waals surface area contributed by atoms with E-state index < -0.39 is 4.92 Å². The molecule has 0 saturated carbocycles. The monoisotopic (exact) mass is 290 g/mol. The molecule has 0 aliphatic rings. The van der Waals surface area contributed by atoms with Crippen molar-refractivity contribution in [3.63, 3.8) is 0 Å². The first-order chi connectivity index (χ1) is 10.1. The molecule has 0 amide bonds. The molecule has 21 heavy (non-hydrogen) atoms. The number of aromatic nitrogens is 2. The summed E-state index contributed by atoms with van der Waals surface area (Å²) in [6, 6.07) is 6.84. The van der Waals surface area contributed by atoms with Crippen LogP contribution in [0.15, 0.2) is 36.7 Å². The van der Waals surface area contributed by atoms with Crippen molar-refractivity contribution < 1.29 is 9.66 Å². The maximum absolute atomic E-state index is 11.3. The van der Waals surface area contributed by atoms with Gasteiger partial charge in [0.15, 0.2) is 5.75 Å². The Balaban J connectivity index is 2.18. The molecule has 112 valence electrons. The van der Waals surface area contributed by atoms with E-state index in [-0.39, 0.29) is 17.5 Å². The summed E-state index contributed by atoms with van der Waals surface area (Å²) < 4.78 is 7.10. The van der Waals surface area contributed by atoms with E-state index in [0.29, 0.717) is 18.8 Å². The average molecular weight is 290 g/mol. The minimum atomic E-state index is -0.423. The Morgan fingerprint density at radius 1 is 1.48 bits per heavy atom. The van der Waals surface area contributed by atoms with Gasteiger partial charge in [0, 0.05) is 18.4 Å². The predicted octanol–water partition coefficient (Wildman–Crippen LogP) is 2.69. The van der Waals surface area contributed by atoms with E-state index in [1.54, 1.807) is 36.0 Å². The molecule has 1 N–H and O–H groups in total. The van der Waals surface area contributed by atoms with Crippen LogP contribution in [-0.4, -0.2) is 27.4 Å². The average Bonchev–Trinajstić information content (AvgIpc) is 2.91. The molecule has 1 heterocycles. The van der Waals surface area contributed by atoms with Crippen LogP contribution in [-0.2, 0) is 6.54 Å². The lowest BCUT2D eigenvalue weighted by Gasteiger charge is -2.16. The van der Waals surface area contributed by atoms with E-state index in [4.69, 9.17) is 4.74 Å². The van der Waals surface area contributed by atoms with Gasteiger partial charge in [-0.1, -0.05) is 6.07 Å². The lowest BCUT2D eigenvalue weighted by Crippen LogP contribution is -2.22. The summed E-state index contributed by atoms with van der Waals surface area (Å²) in [7, 11) is 0. The van der Waals surface area contributed by atoms with Crippen molar-refractivity contribution in [3.8, 4) is 5.75 Å². The third-order valence-corrected chi connectivity index (χ3v) is 2.90. The van der Waals surface area contributed by atoms with Crippen molar-refractivity contribution in [2.45, 2.75) is 26.4 Å². The van der Waals surface area contributed by atoms with Crippen molar-refractivity contribution >= 4 is 11.4 Å². The molecule has 2 aromatic rings. The fraction of sp³-hybridized carbons (Fsp3) is 0.357. The fourth-order valence-electron chi connectivity index (χ4n) is 2.10. The standard InChI is InChI=1S/C14H18N4O3/c1-3-21-13-7-4-6-12(14(13)18(19)20)16-11(2)10-17-9-5-8-15-17/h4-9,11,16H,3,10H2,1-2H3. The molecule has 0 bridgehead atoms. The van der Waals surface area contributed by atoms with Gasteiger partial charge in [-0.15, -0.1) is 0 Å². The van der Waals surface area contributed by atoms with E-state index in [0.717, 1.165) is 0 Å². The van der Waals surface area contributed by atoms with Crippen LogP contribution >= 0.6 is 0 Å². The summed E-state index contributed by atoms with van der Waals surface area (Å²) in [6.07, 6.45) is 3.55.